The van der Waals surface area contributed by atoms with Gasteiger partial charge in [0.15, 0.2) is 0 Å². The zero-order valence-corrected chi connectivity index (χ0v) is 12.6. The number of primary amides is 1. The fourth-order valence-electron chi connectivity index (χ4n) is 2.38. The second kappa shape index (κ2) is 7.55. The maximum Gasteiger partial charge on any atom is 0.227 e. The van der Waals surface area contributed by atoms with Crippen molar-refractivity contribution in [2.24, 2.45) is 5.73 Å². The highest BCUT2D eigenvalue weighted by Crippen LogP contribution is 2.29. The lowest BCUT2D eigenvalue weighted by atomic mass is 10.0. The third-order valence-corrected chi connectivity index (χ3v) is 4.54. The van der Waals surface area contributed by atoms with Gasteiger partial charge in [0, 0.05) is 23.2 Å². The van der Waals surface area contributed by atoms with Crippen LogP contribution in [0, 0.1) is 0 Å². The van der Waals surface area contributed by atoms with Gasteiger partial charge in [-0.3, -0.25) is 4.79 Å². The molecule has 1 aromatic carbocycles. The number of benzene rings is 1. The van der Waals surface area contributed by atoms with E-state index >= 15 is 0 Å². The van der Waals surface area contributed by atoms with Gasteiger partial charge in [-0.2, -0.15) is 0 Å². The number of ether oxygens (including phenoxy) is 1. The molecule has 0 bridgehead atoms. The molecule has 2 atom stereocenters. The first kappa shape index (κ1) is 15.2. The highest BCUT2D eigenvalue weighted by Gasteiger charge is 2.21. The van der Waals surface area contributed by atoms with E-state index in [9.17, 15) is 4.79 Å². The van der Waals surface area contributed by atoms with E-state index in [4.69, 9.17) is 10.5 Å². The molecule has 1 fully saturated rings. The Bertz CT molecular complexity index is 453. The van der Waals surface area contributed by atoms with Gasteiger partial charge >= 0.3 is 0 Å². The van der Waals surface area contributed by atoms with Gasteiger partial charge in [-0.05, 0) is 31.4 Å². The lowest BCUT2D eigenvalue weighted by Crippen LogP contribution is -2.33. The number of carbonyl (C=O) groups is 1. The van der Waals surface area contributed by atoms with Gasteiger partial charge in [0.2, 0.25) is 5.91 Å². The maximum atomic E-state index is 10.9. The SMILES string of the molecule is CCC1CC(Nc2ccccc2SCC(N)=O)CCO1. The van der Waals surface area contributed by atoms with Crippen LogP contribution < -0.4 is 11.1 Å². The van der Waals surface area contributed by atoms with Crippen LogP contribution in [0.4, 0.5) is 5.69 Å². The van der Waals surface area contributed by atoms with Gasteiger partial charge < -0.3 is 15.8 Å². The smallest absolute Gasteiger partial charge is 0.227 e. The molecule has 1 heterocycles. The Balaban J connectivity index is 1.99. The predicted octanol–water partition coefficient (Wildman–Crippen LogP) is 2.63. The molecule has 3 N–H and O–H groups in total. The monoisotopic (exact) mass is 294 g/mol. The molecule has 4 nitrogen and oxygen atoms in total. The molecule has 20 heavy (non-hydrogen) atoms. The van der Waals surface area contributed by atoms with Crippen LogP contribution in [0.5, 0.6) is 0 Å². The van der Waals surface area contributed by atoms with E-state index in [1.54, 1.807) is 0 Å². The molecule has 2 rings (SSSR count). The van der Waals surface area contributed by atoms with Crippen molar-refractivity contribution in [3.05, 3.63) is 24.3 Å². The first-order valence-corrected chi connectivity index (χ1v) is 8.06. The number of para-hydroxylation sites is 1. The molecule has 2 unspecified atom stereocenters. The Hall–Kier alpha value is -1.20. The molecule has 110 valence electrons. The molecular weight excluding hydrogens is 272 g/mol. The van der Waals surface area contributed by atoms with Crippen molar-refractivity contribution in [3.8, 4) is 0 Å². The molecule has 1 aliphatic rings. The van der Waals surface area contributed by atoms with Gasteiger partial charge in [0.05, 0.1) is 11.9 Å². The molecule has 0 spiro atoms. The molecular formula is C15H22N2O2S. The highest BCUT2D eigenvalue weighted by atomic mass is 32.2. The van der Waals surface area contributed by atoms with E-state index < -0.39 is 0 Å². The van der Waals surface area contributed by atoms with Crippen molar-refractivity contribution in [3.63, 3.8) is 0 Å². The maximum absolute atomic E-state index is 10.9. The molecule has 1 amide bonds. The molecule has 1 aliphatic heterocycles. The molecule has 1 aromatic rings. The Morgan fingerprint density at radius 1 is 1.50 bits per heavy atom. The summed E-state index contributed by atoms with van der Waals surface area (Å²) in [4.78, 5) is 12.0. The number of nitrogens with one attached hydrogen (secondary N) is 1. The summed E-state index contributed by atoms with van der Waals surface area (Å²) in [6.07, 6.45) is 3.46. The highest BCUT2D eigenvalue weighted by molar-refractivity contribution is 8.00. The van der Waals surface area contributed by atoms with Crippen LogP contribution in [0.25, 0.3) is 0 Å². The van der Waals surface area contributed by atoms with Crippen LogP contribution in [0.3, 0.4) is 0 Å². The molecule has 0 aliphatic carbocycles. The minimum atomic E-state index is -0.290. The van der Waals surface area contributed by atoms with E-state index in [1.807, 2.05) is 18.2 Å². The van der Waals surface area contributed by atoms with Crippen molar-refractivity contribution in [1.29, 1.82) is 0 Å². The number of hydrogen-bond acceptors (Lipinski definition) is 4. The number of hydrogen-bond donors (Lipinski definition) is 2. The van der Waals surface area contributed by atoms with Crippen molar-refractivity contribution >= 4 is 23.4 Å². The fourth-order valence-corrected chi connectivity index (χ4v) is 3.13. The Kier molecular flexibility index (Phi) is 5.73. The van der Waals surface area contributed by atoms with Crippen LogP contribution in [0.1, 0.15) is 26.2 Å². The van der Waals surface area contributed by atoms with Gasteiger partial charge in [-0.25, -0.2) is 0 Å². The van der Waals surface area contributed by atoms with Gasteiger partial charge in [0.25, 0.3) is 0 Å². The normalized spacial score (nSPS) is 22.4. The Morgan fingerprint density at radius 2 is 2.30 bits per heavy atom. The summed E-state index contributed by atoms with van der Waals surface area (Å²) >= 11 is 1.48. The van der Waals surface area contributed by atoms with Crippen molar-refractivity contribution < 1.29 is 9.53 Å². The Labute approximate surface area is 124 Å². The molecule has 5 heteroatoms. The average Bonchev–Trinajstić information content (AvgIpc) is 2.46. The summed E-state index contributed by atoms with van der Waals surface area (Å²) in [6, 6.07) is 8.50. The van der Waals surface area contributed by atoms with E-state index in [2.05, 4.69) is 18.3 Å². The first-order chi connectivity index (χ1) is 9.69. The second-order valence-electron chi connectivity index (χ2n) is 5.02. The minimum absolute atomic E-state index is 0.290. The minimum Gasteiger partial charge on any atom is -0.381 e. The number of nitrogens with two attached hydrogens (primary N) is 1. The van der Waals surface area contributed by atoms with Crippen LogP contribution in [-0.2, 0) is 9.53 Å². The van der Waals surface area contributed by atoms with Crippen LogP contribution in [0.15, 0.2) is 29.2 Å². The third-order valence-electron chi connectivity index (χ3n) is 3.44. The number of rotatable bonds is 6. The van der Waals surface area contributed by atoms with Gasteiger partial charge in [0.1, 0.15) is 0 Å². The predicted molar refractivity (Wildman–Crippen MR) is 83.0 cm³/mol. The summed E-state index contributed by atoms with van der Waals surface area (Å²) in [7, 11) is 0. The molecule has 0 radical (unpaired) electrons. The second-order valence-corrected chi connectivity index (χ2v) is 6.04. The van der Waals surface area contributed by atoms with E-state index in [0.717, 1.165) is 36.5 Å². The summed E-state index contributed by atoms with van der Waals surface area (Å²) in [5.41, 5.74) is 6.30. The van der Waals surface area contributed by atoms with Crippen LogP contribution in [-0.4, -0.2) is 30.4 Å². The zero-order chi connectivity index (χ0) is 14.4. The summed E-state index contributed by atoms with van der Waals surface area (Å²) in [5.74, 6) is 0.0197. The molecule has 0 saturated carbocycles. The largest absolute Gasteiger partial charge is 0.381 e. The number of thioether (sulfide) groups is 1. The van der Waals surface area contributed by atoms with Crippen molar-refractivity contribution in [1.82, 2.24) is 0 Å². The van der Waals surface area contributed by atoms with Crippen LogP contribution in [0.2, 0.25) is 0 Å². The van der Waals surface area contributed by atoms with Crippen molar-refractivity contribution in [2.75, 3.05) is 17.7 Å². The van der Waals surface area contributed by atoms with Gasteiger partial charge in [-0.15, -0.1) is 11.8 Å². The molecule has 0 aromatic heterocycles. The molecule has 1 saturated heterocycles. The quantitative estimate of drug-likeness (QED) is 0.792. The standard InChI is InChI=1S/C15H22N2O2S/c1-2-12-9-11(7-8-19-12)17-13-5-3-4-6-14(13)20-10-15(16)18/h3-6,11-12,17H,2,7-10H2,1H3,(H2,16,18). The average molecular weight is 294 g/mol. The Morgan fingerprint density at radius 3 is 3.05 bits per heavy atom. The van der Waals surface area contributed by atoms with Gasteiger partial charge in [-0.1, -0.05) is 19.1 Å². The first-order valence-electron chi connectivity index (χ1n) is 7.07. The summed E-state index contributed by atoms with van der Waals surface area (Å²) < 4.78 is 5.70. The number of amides is 1. The summed E-state index contributed by atoms with van der Waals surface area (Å²) in [5, 5.41) is 3.58. The number of anilines is 1. The topological polar surface area (TPSA) is 64.3 Å². The van der Waals surface area contributed by atoms with Crippen molar-refractivity contribution in [2.45, 2.75) is 43.2 Å². The zero-order valence-electron chi connectivity index (χ0n) is 11.8. The fraction of sp³-hybridized carbons (Fsp3) is 0.533. The van der Waals surface area contributed by atoms with E-state index in [-0.39, 0.29) is 5.91 Å². The lowest BCUT2D eigenvalue weighted by molar-refractivity contribution is -0.115. The lowest BCUT2D eigenvalue weighted by Gasteiger charge is -2.30. The third kappa shape index (κ3) is 4.42. The van der Waals surface area contributed by atoms with E-state index in [1.165, 1.54) is 11.8 Å². The van der Waals surface area contributed by atoms with E-state index in [0.29, 0.717) is 17.9 Å². The van der Waals surface area contributed by atoms with Crippen LogP contribution >= 0.6 is 11.8 Å². The summed E-state index contributed by atoms with van der Waals surface area (Å²) in [6.45, 7) is 2.97. The number of carbonyl (C=O) groups excluding carboxylic acids is 1.